The molecule has 0 aromatic heterocycles. The highest BCUT2D eigenvalue weighted by Gasteiger charge is 2.44. The zero-order valence-electron chi connectivity index (χ0n) is 23.4. The highest BCUT2D eigenvalue weighted by atomic mass is 16.2. The number of carbonyl (C=O) groups excluding carboxylic acids is 4. The number of piperidine rings is 1. The van der Waals surface area contributed by atoms with Crippen LogP contribution in [-0.2, 0) is 9.59 Å². The first kappa shape index (κ1) is 26.8. The third-order valence-electron chi connectivity index (χ3n) is 8.63. The van der Waals surface area contributed by atoms with E-state index in [4.69, 9.17) is 15.7 Å². The second-order valence-corrected chi connectivity index (χ2v) is 11.6. The Bertz CT molecular complexity index is 1730. The largest absolute Gasteiger partial charge is 0.401 e. The van der Waals surface area contributed by atoms with Gasteiger partial charge in [-0.25, -0.2) is 4.99 Å². The van der Waals surface area contributed by atoms with Crippen LogP contribution in [-0.4, -0.2) is 59.1 Å². The summed E-state index contributed by atoms with van der Waals surface area (Å²) in [7, 11) is 0. The van der Waals surface area contributed by atoms with Crippen molar-refractivity contribution >= 4 is 46.9 Å². The van der Waals surface area contributed by atoms with E-state index in [2.05, 4.69) is 22.5 Å². The lowest BCUT2D eigenvalue weighted by Gasteiger charge is -2.28. The molecule has 1 saturated heterocycles. The molecule has 4 N–H and O–H groups in total. The summed E-state index contributed by atoms with van der Waals surface area (Å²) < 4.78 is 0. The van der Waals surface area contributed by atoms with Gasteiger partial charge in [-0.05, 0) is 68.4 Å². The third kappa shape index (κ3) is 5.12. The molecule has 7 rings (SSSR count). The number of aliphatic imine (C=N–C) groups is 2. The molecule has 3 heterocycles. The number of nitrogens with zero attached hydrogens (tertiary/aromatic N) is 3. The average molecular weight is 575 g/mol. The van der Waals surface area contributed by atoms with Crippen LogP contribution < -0.4 is 16.4 Å². The Labute approximate surface area is 248 Å². The topological polar surface area (TPSA) is 146 Å². The van der Waals surface area contributed by atoms with Crippen LogP contribution >= 0.6 is 0 Å². The molecule has 3 fully saturated rings. The van der Waals surface area contributed by atoms with Crippen molar-refractivity contribution in [2.24, 2.45) is 27.6 Å². The highest BCUT2D eigenvalue weighted by molar-refractivity contribution is 6.23. The van der Waals surface area contributed by atoms with E-state index in [0.717, 1.165) is 58.9 Å². The van der Waals surface area contributed by atoms with Crippen LogP contribution in [0.1, 0.15) is 64.8 Å². The van der Waals surface area contributed by atoms with Gasteiger partial charge in [0.2, 0.25) is 11.8 Å². The van der Waals surface area contributed by atoms with Crippen molar-refractivity contribution in [3.05, 3.63) is 70.4 Å². The van der Waals surface area contributed by atoms with Gasteiger partial charge in [0, 0.05) is 35.4 Å². The number of carbonyl (C=O) groups is 4. The molecule has 3 aliphatic heterocycles. The zero-order valence-corrected chi connectivity index (χ0v) is 23.4. The lowest BCUT2D eigenvalue weighted by Crippen LogP contribution is -2.54. The van der Waals surface area contributed by atoms with E-state index in [1.165, 1.54) is 0 Å². The predicted molar refractivity (Wildman–Crippen MR) is 161 cm³/mol. The quantitative estimate of drug-likeness (QED) is 0.284. The summed E-state index contributed by atoms with van der Waals surface area (Å²) in [4.78, 5) is 60.5. The van der Waals surface area contributed by atoms with Gasteiger partial charge in [0.25, 0.3) is 11.8 Å². The summed E-state index contributed by atoms with van der Waals surface area (Å²) in [6, 6.07) is 12.0. The molecule has 2 saturated carbocycles. The minimum absolute atomic E-state index is 0.0823. The van der Waals surface area contributed by atoms with E-state index < -0.39 is 29.7 Å². The van der Waals surface area contributed by atoms with Crippen molar-refractivity contribution in [1.82, 2.24) is 10.2 Å². The van der Waals surface area contributed by atoms with Crippen molar-refractivity contribution < 1.29 is 19.2 Å². The number of hydrogen-bond donors (Lipinski definition) is 3. The molecule has 0 spiro atoms. The van der Waals surface area contributed by atoms with Gasteiger partial charge in [-0.3, -0.25) is 34.4 Å². The standard InChI is InChI=1S/C33H30N6O4/c34-30(20-8-9-20)24(27-17-36-25-3-1-2-4-26(25)37-27)16-35-21-13-19(14-21)6-5-18-7-10-22-23(15-18)33(43)39(32(22)42)28-11-12-29(40)38-31(28)41/h1-4,7,10,15-16,19-21,28,36H,8-9,11-14,17,34H2,(H,38,40,41). The van der Waals surface area contributed by atoms with Crippen molar-refractivity contribution in [2.75, 3.05) is 11.9 Å². The van der Waals surface area contributed by atoms with Gasteiger partial charge in [-0.1, -0.05) is 24.0 Å². The maximum atomic E-state index is 13.1. The summed E-state index contributed by atoms with van der Waals surface area (Å²) in [6.07, 6.45) is 5.93. The molecule has 0 bridgehead atoms. The molecule has 10 heteroatoms. The van der Waals surface area contributed by atoms with Gasteiger partial charge in [0.15, 0.2) is 0 Å². The molecule has 5 aliphatic rings. The number of fused-ring (bicyclic) bond motifs is 2. The van der Waals surface area contributed by atoms with E-state index in [1.807, 2.05) is 30.5 Å². The van der Waals surface area contributed by atoms with E-state index >= 15 is 0 Å². The molecular formula is C33H30N6O4. The Morgan fingerprint density at radius 1 is 1.02 bits per heavy atom. The first-order chi connectivity index (χ1) is 20.9. The van der Waals surface area contributed by atoms with Gasteiger partial charge >= 0.3 is 0 Å². The Kier molecular flexibility index (Phi) is 6.65. The van der Waals surface area contributed by atoms with Gasteiger partial charge in [0.05, 0.1) is 40.8 Å². The van der Waals surface area contributed by atoms with Crippen molar-refractivity contribution in [3.63, 3.8) is 0 Å². The number of hydrogen-bond acceptors (Lipinski definition) is 8. The number of amides is 4. The molecule has 2 aromatic rings. The predicted octanol–water partition coefficient (Wildman–Crippen LogP) is 3.11. The van der Waals surface area contributed by atoms with Gasteiger partial charge in [0.1, 0.15) is 6.04 Å². The maximum absolute atomic E-state index is 13.1. The first-order valence-electron chi connectivity index (χ1n) is 14.7. The summed E-state index contributed by atoms with van der Waals surface area (Å²) in [5.74, 6) is 4.90. The van der Waals surface area contributed by atoms with Crippen LogP contribution in [0.4, 0.5) is 11.4 Å². The number of nitrogens with one attached hydrogen (secondary N) is 2. The lowest BCUT2D eigenvalue weighted by molar-refractivity contribution is -0.136. The van der Waals surface area contributed by atoms with E-state index in [9.17, 15) is 19.2 Å². The van der Waals surface area contributed by atoms with Gasteiger partial charge in [-0.15, -0.1) is 0 Å². The van der Waals surface area contributed by atoms with Crippen LogP contribution in [0, 0.1) is 23.7 Å². The molecule has 4 amide bonds. The smallest absolute Gasteiger partial charge is 0.262 e. The van der Waals surface area contributed by atoms with Crippen molar-refractivity contribution in [1.29, 1.82) is 0 Å². The lowest BCUT2D eigenvalue weighted by atomic mass is 9.81. The summed E-state index contributed by atoms with van der Waals surface area (Å²) in [5, 5.41) is 5.64. The Balaban J connectivity index is 1.01. The minimum atomic E-state index is -0.987. The number of imide groups is 2. The van der Waals surface area contributed by atoms with Gasteiger partial charge < -0.3 is 11.1 Å². The van der Waals surface area contributed by atoms with E-state index in [-0.39, 0.29) is 35.9 Å². The summed E-state index contributed by atoms with van der Waals surface area (Å²) >= 11 is 0. The van der Waals surface area contributed by atoms with Crippen LogP contribution in [0.25, 0.3) is 0 Å². The van der Waals surface area contributed by atoms with Crippen LogP contribution in [0.2, 0.25) is 0 Å². The third-order valence-corrected chi connectivity index (χ3v) is 8.63. The average Bonchev–Trinajstić information content (AvgIpc) is 3.81. The fourth-order valence-electron chi connectivity index (χ4n) is 5.91. The molecule has 1 unspecified atom stereocenters. The number of benzene rings is 2. The van der Waals surface area contributed by atoms with E-state index in [1.54, 1.807) is 18.2 Å². The number of anilines is 1. The SMILES string of the molecule is NC(=C(C=NC1CC(C#Cc2ccc3c(c2)C(=O)N(C2CCC(=O)NC2=O)C3=O)C1)C1=Nc2ccccc2NC1)C1CC1. The van der Waals surface area contributed by atoms with Crippen molar-refractivity contribution in [2.45, 2.75) is 50.6 Å². The molecule has 2 aliphatic carbocycles. The van der Waals surface area contributed by atoms with Crippen LogP contribution in [0.5, 0.6) is 0 Å². The molecule has 216 valence electrons. The fraction of sp³-hybridized carbons (Fsp3) is 0.333. The first-order valence-corrected chi connectivity index (χ1v) is 14.7. The second kappa shape index (κ2) is 10.7. The van der Waals surface area contributed by atoms with Crippen molar-refractivity contribution in [3.8, 4) is 11.8 Å². The molecule has 43 heavy (non-hydrogen) atoms. The molecule has 0 radical (unpaired) electrons. The molecule has 2 aromatic carbocycles. The maximum Gasteiger partial charge on any atom is 0.262 e. The normalized spacial score (nSPS) is 25.1. The summed E-state index contributed by atoms with van der Waals surface area (Å²) in [6.45, 7) is 0.602. The minimum Gasteiger partial charge on any atom is -0.401 e. The van der Waals surface area contributed by atoms with E-state index in [0.29, 0.717) is 18.0 Å². The van der Waals surface area contributed by atoms with Crippen LogP contribution in [0.15, 0.2) is 63.7 Å². The van der Waals surface area contributed by atoms with Gasteiger partial charge in [-0.2, -0.15) is 0 Å². The zero-order chi connectivity index (χ0) is 29.7. The molecular weight excluding hydrogens is 544 g/mol. The van der Waals surface area contributed by atoms with Crippen LogP contribution in [0.3, 0.4) is 0 Å². The highest BCUT2D eigenvalue weighted by Crippen LogP contribution is 2.37. The Morgan fingerprint density at radius 2 is 1.81 bits per heavy atom. The number of nitrogens with two attached hydrogens (primary N) is 1. The monoisotopic (exact) mass is 574 g/mol. The molecule has 10 nitrogen and oxygen atoms in total. The Morgan fingerprint density at radius 3 is 2.60 bits per heavy atom. The molecule has 1 atom stereocenters. The second-order valence-electron chi connectivity index (χ2n) is 11.6. The number of rotatable bonds is 5. The summed E-state index contributed by atoms with van der Waals surface area (Å²) in [5.41, 5.74) is 12.3. The number of allylic oxidation sites excluding steroid dienone is 1. The Hall–Kier alpha value is -5.04. The fourth-order valence-corrected chi connectivity index (χ4v) is 5.91. The number of para-hydroxylation sites is 2.